The van der Waals surface area contributed by atoms with Crippen molar-refractivity contribution in [3.05, 3.63) is 65.0 Å². The van der Waals surface area contributed by atoms with Gasteiger partial charge in [-0.1, -0.05) is 24.3 Å². The van der Waals surface area contributed by atoms with Gasteiger partial charge in [-0.25, -0.2) is 4.39 Å². The van der Waals surface area contributed by atoms with Crippen molar-refractivity contribution in [3.8, 4) is 5.75 Å². The van der Waals surface area contributed by atoms with Crippen LogP contribution in [0.25, 0.3) is 0 Å². The first-order chi connectivity index (χ1) is 11.2. The van der Waals surface area contributed by atoms with Crippen molar-refractivity contribution < 1.29 is 13.9 Å². The molecule has 2 aromatic carbocycles. The van der Waals surface area contributed by atoms with Crippen molar-refractivity contribution in [3.63, 3.8) is 0 Å². The van der Waals surface area contributed by atoms with Crippen LogP contribution >= 0.6 is 0 Å². The van der Waals surface area contributed by atoms with Gasteiger partial charge in [0, 0.05) is 12.6 Å². The molecule has 2 N–H and O–H groups in total. The SMILES string of the molecule is COc1ccc(F)cc1C(=O)NCC1NCCc2ccccc21. The summed E-state index contributed by atoms with van der Waals surface area (Å²) >= 11 is 0. The van der Waals surface area contributed by atoms with Gasteiger partial charge in [0.25, 0.3) is 5.91 Å². The zero-order valence-electron chi connectivity index (χ0n) is 12.9. The van der Waals surface area contributed by atoms with E-state index in [0.717, 1.165) is 13.0 Å². The third-order valence-corrected chi connectivity index (χ3v) is 4.09. The van der Waals surface area contributed by atoms with Crippen molar-refractivity contribution in [2.24, 2.45) is 0 Å². The molecule has 120 valence electrons. The zero-order valence-corrected chi connectivity index (χ0v) is 12.9. The number of hydrogen-bond donors (Lipinski definition) is 2. The predicted molar refractivity (Wildman–Crippen MR) is 86.2 cm³/mol. The van der Waals surface area contributed by atoms with Crippen LogP contribution in [0.3, 0.4) is 0 Å². The van der Waals surface area contributed by atoms with Crippen molar-refractivity contribution >= 4 is 5.91 Å². The lowest BCUT2D eigenvalue weighted by Crippen LogP contribution is -2.38. The number of halogens is 1. The highest BCUT2D eigenvalue weighted by Crippen LogP contribution is 2.23. The summed E-state index contributed by atoms with van der Waals surface area (Å²) in [5, 5.41) is 6.27. The Kier molecular flexibility index (Phi) is 4.57. The van der Waals surface area contributed by atoms with Crippen LogP contribution < -0.4 is 15.4 Å². The molecule has 0 radical (unpaired) electrons. The fourth-order valence-electron chi connectivity index (χ4n) is 2.92. The lowest BCUT2D eigenvalue weighted by molar-refractivity contribution is 0.0945. The maximum Gasteiger partial charge on any atom is 0.255 e. The molecule has 23 heavy (non-hydrogen) atoms. The number of amides is 1. The van der Waals surface area contributed by atoms with Crippen LogP contribution in [0.2, 0.25) is 0 Å². The lowest BCUT2D eigenvalue weighted by atomic mass is 9.94. The number of benzene rings is 2. The Balaban J connectivity index is 1.72. The zero-order chi connectivity index (χ0) is 16.2. The Hall–Kier alpha value is -2.40. The first kappa shape index (κ1) is 15.5. The topological polar surface area (TPSA) is 50.4 Å². The van der Waals surface area contributed by atoms with Gasteiger partial charge in [-0.3, -0.25) is 4.79 Å². The number of fused-ring (bicyclic) bond motifs is 1. The van der Waals surface area contributed by atoms with Crippen LogP contribution in [0.5, 0.6) is 5.75 Å². The van der Waals surface area contributed by atoms with Crippen molar-refractivity contribution in [2.45, 2.75) is 12.5 Å². The summed E-state index contributed by atoms with van der Waals surface area (Å²) in [5.74, 6) is -0.441. The Bertz CT molecular complexity index is 718. The predicted octanol–water partition coefficient (Wildman–Crippen LogP) is 2.45. The fourth-order valence-corrected chi connectivity index (χ4v) is 2.92. The maximum absolute atomic E-state index is 13.4. The average molecular weight is 314 g/mol. The summed E-state index contributed by atoms with van der Waals surface area (Å²) in [4.78, 5) is 12.3. The highest BCUT2D eigenvalue weighted by atomic mass is 19.1. The number of carbonyl (C=O) groups excluding carboxylic acids is 1. The minimum absolute atomic E-state index is 0.0588. The van der Waals surface area contributed by atoms with E-state index < -0.39 is 5.82 Å². The van der Waals surface area contributed by atoms with E-state index in [9.17, 15) is 9.18 Å². The molecule has 0 saturated carbocycles. The Morgan fingerprint density at radius 2 is 2.17 bits per heavy atom. The molecule has 1 amide bonds. The number of ether oxygens (including phenoxy) is 1. The molecule has 2 aromatic rings. The standard InChI is InChI=1S/C18H19FN2O2/c1-23-17-7-6-13(19)10-15(17)18(22)21-11-16-14-5-3-2-4-12(14)8-9-20-16/h2-7,10,16,20H,8-9,11H2,1H3,(H,21,22). The Labute approximate surface area is 134 Å². The van der Waals surface area contributed by atoms with Crippen LogP contribution in [0.1, 0.15) is 27.5 Å². The Morgan fingerprint density at radius 3 is 3.00 bits per heavy atom. The number of carbonyl (C=O) groups is 1. The molecule has 1 aliphatic heterocycles. The largest absolute Gasteiger partial charge is 0.496 e. The minimum atomic E-state index is -0.461. The molecule has 0 bridgehead atoms. The van der Waals surface area contributed by atoms with Crippen LogP contribution in [-0.4, -0.2) is 26.1 Å². The molecule has 3 rings (SSSR count). The molecule has 0 aliphatic carbocycles. The van der Waals surface area contributed by atoms with Crippen molar-refractivity contribution in [1.29, 1.82) is 0 Å². The molecule has 0 spiro atoms. The molecule has 1 unspecified atom stereocenters. The molecule has 1 atom stereocenters. The van der Waals surface area contributed by atoms with Gasteiger partial charge >= 0.3 is 0 Å². The Morgan fingerprint density at radius 1 is 1.35 bits per heavy atom. The van der Waals surface area contributed by atoms with Gasteiger partial charge in [-0.15, -0.1) is 0 Å². The number of hydrogen-bond acceptors (Lipinski definition) is 3. The maximum atomic E-state index is 13.4. The average Bonchev–Trinajstić information content (AvgIpc) is 2.59. The van der Waals surface area contributed by atoms with Gasteiger partial charge in [0.15, 0.2) is 0 Å². The third-order valence-electron chi connectivity index (χ3n) is 4.09. The molecule has 5 heteroatoms. The summed E-state index contributed by atoms with van der Waals surface area (Å²) in [7, 11) is 1.46. The summed E-state index contributed by atoms with van der Waals surface area (Å²) in [6, 6.07) is 12.2. The van der Waals surface area contributed by atoms with Gasteiger partial charge in [0.2, 0.25) is 0 Å². The molecular formula is C18H19FN2O2. The summed E-state index contributed by atoms with van der Waals surface area (Å²) in [6.45, 7) is 1.32. The second kappa shape index (κ2) is 6.79. The van der Waals surface area contributed by atoms with E-state index in [0.29, 0.717) is 12.3 Å². The molecule has 0 saturated heterocycles. The van der Waals surface area contributed by atoms with Gasteiger partial charge in [0.1, 0.15) is 11.6 Å². The molecule has 1 heterocycles. The van der Waals surface area contributed by atoms with Gasteiger partial charge in [-0.2, -0.15) is 0 Å². The van der Waals surface area contributed by atoms with E-state index in [1.165, 1.54) is 36.4 Å². The molecular weight excluding hydrogens is 295 g/mol. The number of methoxy groups -OCH3 is 1. The molecule has 4 nitrogen and oxygen atoms in total. The first-order valence-corrected chi connectivity index (χ1v) is 7.62. The van der Waals surface area contributed by atoms with Crippen LogP contribution in [0.15, 0.2) is 42.5 Å². The molecule has 1 aliphatic rings. The summed E-state index contributed by atoms with van der Waals surface area (Å²) < 4.78 is 18.5. The summed E-state index contributed by atoms with van der Waals surface area (Å²) in [6.07, 6.45) is 0.984. The van der Waals surface area contributed by atoms with E-state index in [-0.39, 0.29) is 17.5 Å². The van der Waals surface area contributed by atoms with Crippen LogP contribution in [-0.2, 0) is 6.42 Å². The molecule has 0 fully saturated rings. The van der Waals surface area contributed by atoms with Gasteiger partial charge < -0.3 is 15.4 Å². The van der Waals surface area contributed by atoms with E-state index in [1.807, 2.05) is 12.1 Å². The van der Waals surface area contributed by atoms with Crippen LogP contribution in [0, 0.1) is 5.82 Å². The smallest absolute Gasteiger partial charge is 0.255 e. The number of nitrogens with one attached hydrogen (secondary N) is 2. The normalized spacial score (nSPS) is 16.5. The van der Waals surface area contributed by atoms with Crippen molar-refractivity contribution in [2.75, 3.05) is 20.2 Å². The van der Waals surface area contributed by atoms with Crippen molar-refractivity contribution in [1.82, 2.24) is 10.6 Å². The van der Waals surface area contributed by atoms with E-state index in [2.05, 4.69) is 22.8 Å². The first-order valence-electron chi connectivity index (χ1n) is 7.62. The molecule has 0 aromatic heterocycles. The minimum Gasteiger partial charge on any atom is -0.496 e. The quantitative estimate of drug-likeness (QED) is 0.911. The fraction of sp³-hybridized carbons (Fsp3) is 0.278. The second-order valence-electron chi connectivity index (χ2n) is 5.51. The monoisotopic (exact) mass is 314 g/mol. The van der Waals surface area contributed by atoms with E-state index in [4.69, 9.17) is 4.74 Å². The van der Waals surface area contributed by atoms with Gasteiger partial charge in [-0.05, 0) is 42.3 Å². The summed E-state index contributed by atoms with van der Waals surface area (Å²) in [5.41, 5.74) is 2.70. The van der Waals surface area contributed by atoms with E-state index >= 15 is 0 Å². The van der Waals surface area contributed by atoms with E-state index in [1.54, 1.807) is 0 Å². The lowest BCUT2D eigenvalue weighted by Gasteiger charge is -2.27. The number of rotatable bonds is 4. The highest BCUT2D eigenvalue weighted by molar-refractivity contribution is 5.96. The van der Waals surface area contributed by atoms with Gasteiger partial charge in [0.05, 0.1) is 12.7 Å². The third kappa shape index (κ3) is 3.35. The van der Waals surface area contributed by atoms with Crippen LogP contribution in [0.4, 0.5) is 4.39 Å². The highest BCUT2D eigenvalue weighted by Gasteiger charge is 2.21. The second-order valence-corrected chi connectivity index (χ2v) is 5.51.